The van der Waals surface area contributed by atoms with E-state index in [4.69, 9.17) is 0 Å². The zero-order chi connectivity index (χ0) is 14.5. The van der Waals surface area contributed by atoms with Crippen LogP contribution in [-0.4, -0.2) is 38.5 Å². The quantitative estimate of drug-likeness (QED) is 0.241. The van der Waals surface area contributed by atoms with Crippen LogP contribution in [0, 0.1) is 5.92 Å². The highest BCUT2D eigenvalue weighted by atomic mass is 127. The number of aliphatic imine (C=N–C) groups is 1. The molecular weight excluding hydrogens is 367 g/mol. The van der Waals surface area contributed by atoms with E-state index in [0.717, 1.165) is 12.5 Å². The molecule has 3 N–H and O–H groups in total. The van der Waals surface area contributed by atoms with Gasteiger partial charge in [0, 0.05) is 32.6 Å². The summed E-state index contributed by atoms with van der Waals surface area (Å²) in [6.07, 6.45) is 4.96. The first-order chi connectivity index (χ1) is 9.11. The SMILES string of the molecule is CCCCCCNC(=NC)NCCNC(=O)C(C)C.I. The molecule has 0 saturated heterocycles. The Labute approximate surface area is 140 Å². The monoisotopic (exact) mass is 398 g/mol. The van der Waals surface area contributed by atoms with Crippen molar-refractivity contribution in [3.05, 3.63) is 0 Å². The van der Waals surface area contributed by atoms with Gasteiger partial charge in [-0.1, -0.05) is 40.0 Å². The molecule has 0 heterocycles. The van der Waals surface area contributed by atoms with Crippen LogP contribution in [0.2, 0.25) is 0 Å². The summed E-state index contributed by atoms with van der Waals surface area (Å²) in [6.45, 7) is 8.23. The lowest BCUT2D eigenvalue weighted by atomic mass is 10.2. The number of unbranched alkanes of at least 4 members (excludes halogenated alkanes) is 3. The van der Waals surface area contributed by atoms with E-state index in [-0.39, 0.29) is 35.8 Å². The molecule has 0 bridgehead atoms. The summed E-state index contributed by atoms with van der Waals surface area (Å²) in [5, 5.41) is 9.31. The van der Waals surface area contributed by atoms with Gasteiger partial charge in [-0.25, -0.2) is 0 Å². The molecule has 0 atom stereocenters. The third-order valence-corrected chi connectivity index (χ3v) is 2.79. The number of amides is 1. The second-order valence-electron chi connectivity index (χ2n) is 4.93. The molecule has 6 heteroatoms. The minimum atomic E-state index is 0. The van der Waals surface area contributed by atoms with Gasteiger partial charge in [-0.3, -0.25) is 9.79 Å². The molecule has 5 nitrogen and oxygen atoms in total. The van der Waals surface area contributed by atoms with Crippen molar-refractivity contribution in [3.63, 3.8) is 0 Å². The number of hydrogen-bond donors (Lipinski definition) is 3. The molecular formula is C14H31IN4O. The van der Waals surface area contributed by atoms with E-state index in [0.29, 0.717) is 13.1 Å². The highest BCUT2D eigenvalue weighted by Crippen LogP contribution is 1.96. The van der Waals surface area contributed by atoms with E-state index in [1.165, 1.54) is 25.7 Å². The smallest absolute Gasteiger partial charge is 0.222 e. The number of halogens is 1. The van der Waals surface area contributed by atoms with Crippen LogP contribution in [0.25, 0.3) is 0 Å². The summed E-state index contributed by atoms with van der Waals surface area (Å²) in [7, 11) is 1.76. The van der Waals surface area contributed by atoms with Crippen LogP contribution in [0.4, 0.5) is 0 Å². The summed E-state index contributed by atoms with van der Waals surface area (Å²) in [4.78, 5) is 15.5. The van der Waals surface area contributed by atoms with Gasteiger partial charge >= 0.3 is 0 Å². The first-order valence-electron chi connectivity index (χ1n) is 7.34. The fourth-order valence-corrected chi connectivity index (χ4v) is 1.55. The minimum Gasteiger partial charge on any atom is -0.356 e. The molecule has 0 spiro atoms. The van der Waals surface area contributed by atoms with Gasteiger partial charge in [0.2, 0.25) is 5.91 Å². The molecule has 120 valence electrons. The molecule has 0 radical (unpaired) electrons. The summed E-state index contributed by atoms with van der Waals surface area (Å²) in [5.74, 6) is 0.926. The molecule has 0 fully saturated rings. The molecule has 0 aromatic carbocycles. The van der Waals surface area contributed by atoms with Crippen LogP contribution in [0.15, 0.2) is 4.99 Å². The van der Waals surface area contributed by atoms with Gasteiger partial charge in [-0.2, -0.15) is 0 Å². The second-order valence-corrected chi connectivity index (χ2v) is 4.93. The Balaban J connectivity index is 0. The van der Waals surface area contributed by atoms with E-state index in [1.807, 2.05) is 13.8 Å². The second kappa shape index (κ2) is 14.9. The Morgan fingerprint density at radius 3 is 2.15 bits per heavy atom. The van der Waals surface area contributed by atoms with E-state index >= 15 is 0 Å². The highest BCUT2D eigenvalue weighted by Gasteiger charge is 2.04. The molecule has 0 aromatic heterocycles. The van der Waals surface area contributed by atoms with Crippen LogP contribution >= 0.6 is 24.0 Å². The van der Waals surface area contributed by atoms with Gasteiger partial charge in [0.05, 0.1) is 0 Å². The van der Waals surface area contributed by atoms with Gasteiger partial charge in [0.15, 0.2) is 5.96 Å². The summed E-state index contributed by atoms with van der Waals surface area (Å²) >= 11 is 0. The lowest BCUT2D eigenvalue weighted by Gasteiger charge is -2.12. The van der Waals surface area contributed by atoms with Crippen LogP contribution in [-0.2, 0) is 4.79 Å². The first kappa shape index (κ1) is 21.8. The Bertz CT molecular complexity index is 270. The van der Waals surface area contributed by atoms with Crippen molar-refractivity contribution in [1.82, 2.24) is 16.0 Å². The Hall–Kier alpha value is -0.530. The highest BCUT2D eigenvalue weighted by molar-refractivity contribution is 14.0. The Morgan fingerprint density at radius 1 is 1.00 bits per heavy atom. The molecule has 1 amide bonds. The van der Waals surface area contributed by atoms with Crippen LogP contribution in [0.1, 0.15) is 46.5 Å². The molecule has 0 aliphatic heterocycles. The molecule has 0 rings (SSSR count). The van der Waals surface area contributed by atoms with Crippen molar-refractivity contribution in [1.29, 1.82) is 0 Å². The zero-order valence-corrected chi connectivity index (χ0v) is 15.6. The normalized spacial score (nSPS) is 10.9. The van der Waals surface area contributed by atoms with Gasteiger partial charge in [-0.15, -0.1) is 24.0 Å². The predicted molar refractivity (Wildman–Crippen MR) is 96.8 cm³/mol. The van der Waals surface area contributed by atoms with Gasteiger partial charge in [-0.05, 0) is 6.42 Å². The van der Waals surface area contributed by atoms with E-state index in [9.17, 15) is 4.79 Å². The maximum Gasteiger partial charge on any atom is 0.222 e. The fourth-order valence-electron chi connectivity index (χ4n) is 1.55. The van der Waals surface area contributed by atoms with Crippen molar-refractivity contribution < 1.29 is 4.79 Å². The zero-order valence-electron chi connectivity index (χ0n) is 13.3. The lowest BCUT2D eigenvalue weighted by molar-refractivity contribution is -0.123. The molecule has 0 unspecified atom stereocenters. The average molecular weight is 398 g/mol. The molecule has 20 heavy (non-hydrogen) atoms. The number of hydrogen-bond acceptors (Lipinski definition) is 2. The van der Waals surface area contributed by atoms with Crippen LogP contribution < -0.4 is 16.0 Å². The molecule has 0 aliphatic carbocycles. The number of carbonyl (C=O) groups is 1. The van der Waals surface area contributed by atoms with Crippen LogP contribution in [0.5, 0.6) is 0 Å². The number of carbonyl (C=O) groups excluding carboxylic acids is 1. The maximum absolute atomic E-state index is 11.3. The standard InChI is InChI=1S/C14H30N4O.HI/c1-5-6-7-8-9-17-14(15-4)18-11-10-16-13(19)12(2)3;/h12H,5-11H2,1-4H3,(H,16,19)(H2,15,17,18);1H. The number of nitrogens with one attached hydrogen (secondary N) is 3. The van der Waals surface area contributed by atoms with Crippen molar-refractivity contribution in [2.24, 2.45) is 10.9 Å². The van der Waals surface area contributed by atoms with Crippen molar-refractivity contribution in [2.75, 3.05) is 26.7 Å². The summed E-state index contributed by atoms with van der Waals surface area (Å²) in [6, 6.07) is 0. The van der Waals surface area contributed by atoms with E-state index in [2.05, 4.69) is 27.9 Å². The molecule has 0 aromatic rings. The number of rotatable bonds is 9. The Kier molecular flexibility index (Phi) is 16.2. The topological polar surface area (TPSA) is 65.5 Å². The summed E-state index contributed by atoms with van der Waals surface area (Å²) < 4.78 is 0. The minimum absolute atomic E-state index is 0. The number of nitrogens with zero attached hydrogens (tertiary/aromatic N) is 1. The predicted octanol–water partition coefficient (Wildman–Crippen LogP) is 2.12. The fraction of sp³-hybridized carbons (Fsp3) is 0.857. The summed E-state index contributed by atoms with van der Waals surface area (Å²) in [5.41, 5.74) is 0. The number of guanidine groups is 1. The van der Waals surface area contributed by atoms with Crippen molar-refractivity contribution in [2.45, 2.75) is 46.5 Å². The first-order valence-corrected chi connectivity index (χ1v) is 7.34. The van der Waals surface area contributed by atoms with Gasteiger partial charge in [0.1, 0.15) is 0 Å². The van der Waals surface area contributed by atoms with Gasteiger partial charge in [0.25, 0.3) is 0 Å². The Morgan fingerprint density at radius 2 is 1.60 bits per heavy atom. The van der Waals surface area contributed by atoms with E-state index in [1.54, 1.807) is 7.05 Å². The maximum atomic E-state index is 11.3. The average Bonchev–Trinajstić information content (AvgIpc) is 2.40. The van der Waals surface area contributed by atoms with Crippen molar-refractivity contribution >= 4 is 35.8 Å². The third-order valence-electron chi connectivity index (χ3n) is 2.79. The van der Waals surface area contributed by atoms with Crippen LogP contribution in [0.3, 0.4) is 0 Å². The molecule has 0 saturated carbocycles. The third kappa shape index (κ3) is 12.5. The van der Waals surface area contributed by atoms with Gasteiger partial charge < -0.3 is 16.0 Å². The molecule has 0 aliphatic rings. The largest absolute Gasteiger partial charge is 0.356 e. The lowest BCUT2D eigenvalue weighted by Crippen LogP contribution is -2.42. The van der Waals surface area contributed by atoms with Crippen molar-refractivity contribution in [3.8, 4) is 0 Å². The van der Waals surface area contributed by atoms with E-state index < -0.39 is 0 Å².